The minimum Gasteiger partial charge on any atom is -0.329 e. The first kappa shape index (κ1) is 14.2. The maximum Gasteiger partial charge on any atom is 0.171 e. The summed E-state index contributed by atoms with van der Waals surface area (Å²) in [5.41, 5.74) is 7.28. The third-order valence-electron chi connectivity index (χ3n) is 4.79. The molecule has 0 bridgehead atoms. The van der Waals surface area contributed by atoms with Gasteiger partial charge >= 0.3 is 0 Å². The fourth-order valence-electron chi connectivity index (χ4n) is 3.43. The van der Waals surface area contributed by atoms with Crippen molar-refractivity contribution >= 4 is 16.7 Å². The fraction of sp³-hybridized carbons (Fsp3) is 0.444. The third kappa shape index (κ3) is 2.70. The average Bonchev–Trinajstić information content (AvgIpc) is 2.80. The first-order chi connectivity index (χ1) is 10.2. The lowest BCUT2D eigenvalue weighted by atomic mass is 9.74. The number of hydrogen-bond acceptors (Lipinski definition) is 3. The average molecular weight is 282 g/mol. The molecule has 1 fully saturated rings. The standard InChI is InChI=1S/C18H22N2O/c19-13-18(9-5-1-2-6-10-18)17(21)15-11-14-7-3-4-8-16(14)20-12-15/h3-4,7-8,11-12H,1-2,5-6,9-10,13,19H2. The third-order valence-corrected chi connectivity index (χ3v) is 4.79. The summed E-state index contributed by atoms with van der Waals surface area (Å²) in [5.74, 6) is 0.185. The molecule has 1 aliphatic carbocycles. The van der Waals surface area contributed by atoms with E-state index in [1.807, 2.05) is 30.3 Å². The van der Waals surface area contributed by atoms with Gasteiger partial charge in [0.05, 0.1) is 5.52 Å². The first-order valence-electron chi connectivity index (χ1n) is 7.85. The molecule has 3 nitrogen and oxygen atoms in total. The molecule has 0 radical (unpaired) electrons. The molecule has 1 aromatic carbocycles. The summed E-state index contributed by atoms with van der Waals surface area (Å²) in [5, 5.41) is 1.02. The van der Waals surface area contributed by atoms with Crippen LogP contribution >= 0.6 is 0 Å². The van der Waals surface area contributed by atoms with E-state index in [0.717, 1.165) is 36.6 Å². The molecule has 0 unspecified atom stereocenters. The Balaban J connectivity index is 1.97. The van der Waals surface area contributed by atoms with Crippen molar-refractivity contribution in [3.63, 3.8) is 0 Å². The lowest BCUT2D eigenvalue weighted by Crippen LogP contribution is -2.38. The Morgan fingerprint density at radius 1 is 1.14 bits per heavy atom. The largest absolute Gasteiger partial charge is 0.329 e. The molecule has 3 heteroatoms. The van der Waals surface area contributed by atoms with Crippen LogP contribution in [0.15, 0.2) is 36.5 Å². The Morgan fingerprint density at radius 3 is 2.57 bits per heavy atom. The number of nitrogens with zero attached hydrogens (tertiary/aromatic N) is 1. The Bertz CT molecular complexity index is 642. The lowest BCUT2D eigenvalue weighted by Gasteiger charge is -2.29. The summed E-state index contributed by atoms with van der Waals surface area (Å²) in [6.45, 7) is 0.443. The number of benzene rings is 1. The smallest absolute Gasteiger partial charge is 0.171 e. The highest BCUT2D eigenvalue weighted by Gasteiger charge is 2.37. The van der Waals surface area contributed by atoms with Crippen LogP contribution in [-0.4, -0.2) is 17.3 Å². The van der Waals surface area contributed by atoms with Crippen molar-refractivity contribution in [2.24, 2.45) is 11.1 Å². The molecule has 1 heterocycles. The van der Waals surface area contributed by atoms with Crippen LogP contribution in [0, 0.1) is 5.41 Å². The van der Waals surface area contributed by atoms with Gasteiger partial charge in [-0.3, -0.25) is 9.78 Å². The van der Waals surface area contributed by atoms with Crippen LogP contribution in [0.4, 0.5) is 0 Å². The van der Waals surface area contributed by atoms with Gasteiger partial charge in [0, 0.05) is 29.1 Å². The maximum atomic E-state index is 13.0. The second-order valence-corrected chi connectivity index (χ2v) is 6.14. The number of pyridine rings is 1. The molecular weight excluding hydrogens is 260 g/mol. The van der Waals surface area contributed by atoms with Crippen molar-refractivity contribution < 1.29 is 4.79 Å². The molecule has 0 aliphatic heterocycles. The van der Waals surface area contributed by atoms with Crippen LogP contribution < -0.4 is 5.73 Å². The molecule has 2 aromatic rings. The van der Waals surface area contributed by atoms with E-state index in [0.29, 0.717) is 12.1 Å². The van der Waals surface area contributed by atoms with E-state index in [9.17, 15) is 4.79 Å². The first-order valence-corrected chi connectivity index (χ1v) is 7.85. The topological polar surface area (TPSA) is 56.0 Å². The minimum absolute atomic E-state index is 0.185. The molecular formula is C18H22N2O. The quantitative estimate of drug-likeness (QED) is 0.689. The zero-order chi connectivity index (χ0) is 14.7. The molecule has 0 saturated heterocycles. The van der Waals surface area contributed by atoms with Gasteiger partial charge < -0.3 is 5.73 Å². The molecule has 0 spiro atoms. The van der Waals surface area contributed by atoms with Crippen LogP contribution in [-0.2, 0) is 0 Å². The number of fused-ring (bicyclic) bond motifs is 1. The number of rotatable bonds is 3. The highest BCUT2D eigenvalue weighted by molar-refractivity contribution is 6.02. The van der Waals surface area contributed by atoms with Gasteiger partial charge in [-0.25, -0.2) is 0 Å². The van der Waals surface area contributed by atoms with E-state index in [2.05, 4.69) is 4.98 Å². The molecule has 1 aromatic heterocycles. The van der Waals surface area contributed by atoms with E-state index in [-0.39, 0.29) is 11.2 Å². The predicted octanol–water partition coefficient (Wildman–Crippen LogP) is 3.72. The molecule has 110 valence electrons. The number of hydrogen-bond donors (Lipinski definition) is 1. The van der Waals surface area contributed by atoms with Crippen molar-refractivity contribution in [2.75, 3.05) is 6.54 Å². The van der Waals surface area contributed by atoms with Crippen LogP contribution in [0.3, 0.4) is 0 Å². The van der Waals surface area contributed by atoms with Crippen LogP contribution in [0.5, 0.6) is 0 Å². The van der Waals surface area contributed by atoms with Crippen LogP contribution in [0.1, 0.15) is 48.9 Å². The summed E-state index contributed by atoms with van der Waals surface area (Å²) in [7, 11) is 0. The molecule has 21 heavy (non-hydrogen) atoms. The molecule has 1 saturated carbocycles. The Labute approximate surface area is 125 Å². The van der Waals surface area contributed by atoms with Gasteiger partial charge in [-0.05, 0) is 25.0 Å². The molecule has 0 atom stereocenters. The highest BCUT2D eigenvalue weighted by atomic mass is 16.1. The monoisotopic (exact) mass is 282 g/mol. The van der Waals surface area contributed by atoms with Crippen molar-refractivity contribution in [3.8, 4) is 0 Å². The number of aromatic nitrogens is 1. The summed E-state index contributed by atoms with van der Waals surface area (Å²) >= 11 is 0. The van der Waals surface area contributed by atoms with E-state index < -0.39 is 0 Å². The highest BCUT2D eigenvalue weighted by Crippen LogP contribution is 2.37. The van der Waals surface area contributed by atoms with Gasteiger partial charge in [-0.1, -0.05) is 43.9 Å². The van der Waals surface area contributed by atoms with E-state index in [1.165, 1.54) is 12.8 Å². The Morgan fingerprint density at radius 2 is 1.86 bits per heavy atom. The lowest BCUT2D eigenvalue weighted by molar-refractivity contribution is 0.0774. The SMILES string of the molecule is NCC1(C(=O)c2cnc3ccccc3c2)CCCCCC1. The number of Topliss-reactive ketones (excluding diaryl/α,β-unsaturated/α-hetero) is 1. The Hall–Kier alpha value is -1.74. The van der Waals surface area contributed by atoms with E-state index in [4.69, 9.17) is 5.73 Å². The second kappa shape index (κ2) is 5.94. The van der Waals surface area contributed by atoms with Gasteiger partial charge in [-0.15, -0.1) is 0 Å². The van der Waals surface area contributed by atoms with Crippen molar-refractivity contribution in [1.82, 2.24) is 4.98 Å². The summed E-state index contributed by atoms with van der Waals surface area (Å²) in [6.07, 6.45) is 8.17. The van der Waals surface area contributed by atoms with Gasteiger partial charge in [-0.2, -0.15) is 0 Å². The maximum absolute atomic E-state index is 13.0. The summed E-state index contributed by atoms with van der Waals surface area (Å²) in [6, 6.07) is 9.87. The number of carbonyl (C=O) groups is 1. The summed E-state index contributed by atoms with van der Waals surface area (Å²) in [4.78, 5) is 17.5. The van der Waals surface area contributed by atoms with Gasteiger partial charge in [0.2, 0.25) is 0 Å². The number of ketones is 1. The fourth-order valence-corrected chi connectivity index (χ4v) is 3.43. The molecule has 0 amide bonds. The number of para-hydroxylation sites is 1. The zero-order valence-electron chi connectivity index (χ0n) is 12.3. The van der Waals surface area contributed by atoms with Crippen LogP contribution in [0.25, 0.3) is 10.9 Å². The van der Waals surface area contributed by atoms with Crippen molar-refractivity contribution in [2.45, 2.75) is 38.5 Å². The van der Waals surface area contributed by atoms with Crippen molar-refractivity contribution in [3.05, 3.63) is 42.1 Å². The summed E-state index contributed by atoms with van der Waals surface area (Å²) < 4.78 is 0. The molecule has 1 aliphatic rings. The van der Waals surface area contributed by atoms with E-state index >= 15 is 0 Å². The molecule has 3 rings (SSSR count). The zero-order valence-corrected chi connectivity index (χ0v) is 12.3. The van der Waals surface area contributed by atoms with Crippen molar-refractivity contribution in [1.29, 1.82) is 0 Å². The van der Waals surface area contributed by atoms with E-state index in [1.54, 1.807) is 6.20 Å². The van der Waals surface area contributed by atoms with Crippen LogP contribution in [0.2, 0.25) is 0 Å². The minimum atomic E-state index is -0.374. The Kier molecular flexibility index (Phi) is 4.02. The number of carbonyl (C=O) groups excluding carboxylic acids is 1. The van der Waals surface area contributed by atoms with Gasteiger partial charge in [0.25, 0.3) is 0 Å². The normalized spacial score (nSPS) is 18.3. The second-order valence-electron chi connectivity index (χ2n) is 6.14. The molecule has 2 N–H and O–H groups in total. The van der Waals surface area contributed by atoms with Gasteiger partial charge in [0.15, 0.2) is 5.78 Å². The number of nitrogens with two attached hydrogens (primary N) is 1. The predicted molar refractivity (Wildman–Crippen MR) is 85.3 cm³/mol. The van der Waals surface area contributed by atoms with Gasteiger partial charge in [0.1, 0.15) is 0 Å².